The number of unbranched alkanes of at least 4 members (excludes halogenated alkanes) is 1. The highest BCUT2D eigenvalue weighted by atomic mass is 32.2. The number of hydrogen-bond donors (Lipinski definition) is 2. The van der Waals surface area contributed by atoms with E-state index in [1.54, 1.807) is 26.0 Å². The Morgan fingerprint density at radius 2 is 1.49 bits per heavy atom. The molecule has 0 saturated carbocycles. The van der Waals surface area contributed by atoms with Gasteiger partial charge in [-0.25, -0.2) is 9.78 Å². The summed E-state index contributed by atoms with van der Waals surface area (Å²) in [4.78, 5) is 17.2. The molecule has 2 amide bonds. The topological polar surface area (TPSA) is 77.4 Å². The second-order valence-electron chi connectivity index (χ2n) is 8.94. The summed E-state index contributed by atoms with van der Waals surface area (Å²) < 4.78 is 13.0. The molecule has 2 N–H and O–H groups in total. The average molecular weight is 545 g/mol. The monoisotopic (exact) mass is 544 g/mol. The third kappa shape index (κ3) is 7.57. The van der Waals surface area contributed by atoms with E-state index in [1.807, 2.05) is 54.6 Å². The number of carbonyl (C=O) groups is 1. The van der Waals surface area contributed by atoms with E-state index in [-0.39, 0.29) is 6.03 Å². The Bertz CT molecular complexity index is 1320. The largest absolute Gasteiger partial charge is 0.497 e. The van der Waals surface area contributed by atoms with Gasteiger partial charge in [0.05, 0.1) is 25.6 Å². The number of ether oxygens (including phenoxy) is 2. The first-order chi connectivity index (χ1) is 19.1. The van der Waals surface area contributed by atoms with Crippen molar-refractivity contribution in [2.24, 2.45) is 0 Å². The van der Waals surface area contributed by atoms with Crippen molar-refractivity contribution in [1.82, 2.24) is 20.2 Å². The molecule has 0 aliphatic heterocycles. The van der Waals surface area contributed by atoms with E-state index in [0.29, 0.717) is 13.1 Å². The Kier molecular flexibility index (Phi) is 10.3. The van der Waals surface area contributed by atoms with E-state index in [9.17, 15) is 4.79 Å². The van der Waals surface area contributed by atoms with E-state index < -0.39 is 0 Å². The van der Waals surface area contributed by atoms with Gasteiger partial charge in [0.1, 0.15) is 11.5 Å². The van der Waals surface area contributed by atoms with Gasteiger partial charge in [-0.05, 0) is 73.9 Å². The van der Waals surface area contributed by atoms with Crippen molar-refractivity contribution in [3.8, 4) is 34.0 Å². The first-order valence-electron chi connectivity index (χ1n) is 13.2. The van der Waals surface area contributed by atoms with Crippen molar-refractivity contribution in [2.45, 2.75) is 38.0 Å². The van der Waals surface area contributed by atoms with Crippen LogP contribution >= 0.6 is 11.8 Å². The fourth-order valence-corrected chi connectivity index (χ4v) is 5.32. The van der Waals surface area contributed by atoms with Gasteiger partial charge >= 0.3 is 6.03 Å². The Morgan fingerprint density at radius 3 is 2.10 bits per heavy atom. The highest BCUT2D eigenvalue weighted by Gasteiger charge is 2.20. The number of thioether (sulfide) groups is 1. The van der Waals surface area contributed by atoms with E-state index in [4.69, 9.17) is 14.5 Å². The minimum absolute atomic E-state index is 0.138. The summed E-state index contributed by atoms with van der Waals surface area (Å²) >= 11 is 1.75. The summed E-state index contributed by atoms with van der Waals surface area (Å²) in [5.74, 6) is 2.55. The fourth-order valence-electron chi connectivity index (χ4n) is 4.26. The van der Waals surface area contributed by atoms with Crippen molar-refractivity contribution in [2.75, 3.05) is 26.5 Å². The molecule has 0 atom stereocenters. The number of urea groups is 1. The number of methoxy groups -OCH3 is 2. The summed E-state index contributed by atoms with van der Waals surface area (Å²) in [6, 6.07) is 25.9. The zero-order valence-electron chi connectivity index (χ0n) is 22.8. The molecular formula is C31H36N4O3S. The molecule has 3 aromatic carbocycles. The third-order valence-corrected chi connectivity index (χ3v) is 7.42. The molecular weight excluding hydrogens is 508 g/mol. The van der Waals surface area contributed by atoms with Crippen LogP contribution in [0.15, 0.2) is 84.0 Å². The summed E-state index contributed by atoms with van der Waals surface area (Å²) in [6.45, 7) is 4.11. The lowest BCUT2D eigenvalue weighted by Gasteiger charge is -2.12. The van der Waals surface area contributed by atoms with Gasteiger partial charge in [0.15, 0.2) is 5.16 Å². The molecule has 4 rings (SSSR count). The summed E-state index contributed by atoms with van der Waals surface area (Å²) in [7, 11) is 3.35. The SMILES string of the molecule is CCn1c(SCCCCNC(=O)NCc2ccccc2)nc(-c2ccc(OC)cc2)c1-c1ccc(OC)cc1. The highest BCUT2D eigenvalue weighted by molar-refractivity contribution is 7.99. The quantitative estimate of drug-likeness (QED) is 0.146. The van der Waals surface area contributed by atoms with E-state index in [0.717, 1.165) is 69.9 Å². The van der Waals surface area contributed by atoms with Crippen molar-refractivity contribution < 1.29 is 14.3 Å². The summed E-state index contributed by atoms with van der Waals surface area (Å²) in [6.07, 6.45) is 1.87. The van der Waals surface area contributed by atoms with Gasteiger partial charge in [0.25, 0.3) is 0 Å². The van der Waals surface area contributed by atoms with E-state index >= 15 is 0 Å². The second kappa shape index (κ2) is 14.3. The Morgan fingerprint density at radius 1 is 0.846 bits per heavy atom. The molecule has 0 bridgehead atoms. The summed E-state index contributed by atoms with van der Waals surface area (Å²) in [5.41, 5.74) is 5.25. The standard InChI is InChI=1S/C31H36N4O3S/c1-4-35-29(25-14-18-27(38-3)19-15-25)28(24-12-16-26(37-2)17-13-24)34-31(35)39-21-9-8-20-32-30(36)33-22-23-10-6-5-7-11-23/h5-7,10-19H,4,8-9,20-22H2,1-3H3,(H2,32,33,36). The van der Waals surface area contributed by atoms with Crippen LogP contribution in [-0.2, 0) is 13.1 Å². The number of rotatable bonds is 13. The molecule has 204 valence electrons. The lowest BCUT2D eigenvalue weighted by atomic mass is 10.0. The number of benzene rings is 3. The number of carbonyl (C=O) groups excluding carboxylic acids is 1. The van der Waals surface area contributed by atoms with Gasteiger partial charge in [-0.3, -0.25) is 0 Å². The molecule has 0 aliphatic carbocycles. The summed E-state index contributed by atoms with van der Waals surface area (Å²) in [5, 5.41) is 6.84. The Balaban J connectivity index is 1.39. The molecule has 0 radical (unpaired) electrons. The second-order valence-corrected chi connectivity index (χ2v) is 10.0. The van der Waals surface area contributed by atoms with Crippen LogP contribution in [0.2, 0.25) is 0 Å². The molecule has 7 nitrogen and oxygen atoms in total. The molecule has 0 unspecified atom stereocenters. The van der Waals surface area contributed by atoms with Crippen LogP contribution in [0.3, 0.4) is 0 Å². The predicted octanol–water partition coefficient (Wildman–Crippen LogP) is 6.63. The van der Waals surface area contributed by atoms with Gasteiger partial charge in [0.2, 0.25) is 0 Å². The molecule has 0 fully saturated rings. The van der Waals surface area contributed by atoms with E-state index in [1.165, 1.54) is 0 Å². The maximum Gasteiger partial charge on any atom is 0.315 e. The maximum absolute atomic E-state index is 12.1. The van der Waals surface area contributed by atoms with Gasteiger partial charge < -0.3 is 24.7 Å². The van der Waals surface area contributed by atoms with Crippen LogP contribution in [0.25, 0.3) is 22.5 Å². The Labute approximate surface area is 235 Å². The molecule has 8 heteroatoms. The van der Waals surface area contributed by atoms with Crippen LogP contribution < -0.4 is 20.1 Å². The number of aromatic nitrogens is 2. The van der Waals surface area contributed by atoms with E-state index in [2.05, 4.69) is 46.4 Å². The van der Waals surface area contributed by atoms with Crippen LogP contribution in [0.4, 0.5) is 4.79 Å². The van der Waals surface area contributed by atoms with Crippen LogP contribution in [0.5, 0.6) is 11.5 Å². The first-order valence-corrected chi connectivity index (χ1v) is 14.2. The molecule has 1 aromatic heterocycles. The smallest absolute Gasteiger partial charge is 0.315 e. The lowest BCUT2D eigenvalue weighted by molar-refractivity contribution is 0.240. The minimum atomic E-state index is -0.138. The van der Waals surface area contributed by atoms with Gasteiger partial charge in [-0.2, -0.15) is 0 Å². The first kappa shape index (κ1) is 28.1. The predicted molar refractivity (Wildman–Crippen MR) is 159 cm³/mol. The van der Waals surface area contributed by atoms with Crippen molar-refractivity contribution in [3.05, 3.63) is 84.4 Å². The van der Waals surface area contributed by atoms with Crippen molar-refractivity contribution in [3.63, 3.8) is 0 Å². The van der Waals surface area contributed by atoms with Gasteiger partial charge in [-0.1, -0.05) is 42.1 Å². The molecule has 0 spiro atoms. The lowest BCUT2D eigenvalue weighted by Crippen LogP contribution is -2.35. The number of hydrogen-bond acceptors (Lipinski definition) is 5. The van der Waals surface area contributed by atoms with Crippen molar-refractivity contribution >= 4 is 17.8 Å². The van der Waals surface area contributed by atoms with Crippen LogP contribution in [-0.4, -0.2) is 42.1 Å². The average Bonchev–Trinajstić information content (AvgIpc) is 3.36. The van der Waals surface area contributed by atoms with Crippen molar-refractivity contribution in [1.29, 1.82) is 0 Å². The zero-order chi connectivity index (χ0) is 27.5. The molecule has 39 heavy (non-hydrogen) atoms. The van der Waals surface area contributed by atoms with Crippen LogP contribution in [0, 0.1) is 0 Å². The molecule has 1 heterocycles. The third-order valence-electron chi connectivity index (χ3n) is 6.36. The van der Waals surface area contributed by atoms with Gasteiger partial charge in [-0.15, -0.1) is 0 Å². The zero-order valence-corrected chi connectivity index (χ0v) is 23.6. The fraction of sp³-hybridized carbons (Fsp3) is 0.290. The molecule has 0 saturated heterocycles. The molecule has 4 aromatic rings. The maximum atomic E-state index is 12.1. The van der Waals surface area contributed by atoms with Gasteiger partial charge in [0, 0.05) is 36.5 Å². The minimum Gasteiger partial charge on any atom is -0.497 e. The number of amides is 2. The molecule has 0 aliphatic rings. The normalized spacial score (nSPS) is 10.7. The highest BCUT2D eigenvalue weighted by Crippen LogP contribution is 2.37. The number of nitrogens with zero attached hydrogens (tertiary/aromatic N) is 2. The van der Waals surface area contributed by atoms with Crippen LogP contribution in [0.1, 0.15) is 25.3 Å². The number of nitrogens with one attached hydrogen (secondary N) is 2. The Hall–Kier alpha value is -3.91. The number of imidazole rings is 1.